The molecule has 8 heteroatoms. The Balaban J connectivity index is 1.53. The van der Waals surface area contributed by atoms with Crippen molar-refractivity contribution in [3.05, 3.63) is 72.3 Å². The monoisotopic (exact) mass is 503 g/mol. The zero-order chi connectivity index (χ0) is 25.1. The van der Waals surface area contributed by atoms with Crippen LogP contribution in [0.4, 0.5) is 11.4 Å². The summed E-state index contributed by atoms with van der Waals surface area (Å²) in [7, 11) is 1.61. The van der Waals surface area contributed by atoms with E-state index >= 15 is 0 Å². The van der Waals surface area contributed by atoms with Crippen molar-refractivity contribution in [2.75, 3.05) is 17.3 Å². The standard InChI is InChI=1S/C28H33N5O2S/c1-3-25(34)30-22-13-12-21(17-24(22)35-2)33-27(26(31-28(33)36)23-11-7-8-15-29-23)19-14-16-32(18-19)20-9-5-4-6-10-20/h7-8,11-18,20,26-27H,3-6,9-10H2,1-2H3,(H,30,34)(H,31,36)/t26-,27-/m1/s1. The van der Waals surface area contributed by atoms with Crippen LogP contribution >= 0.6 is 12.2 Å². The second-order valence-corrected chi connectivity index (χ2v) is 9.85. The molecular formula is C28H33N5O2S. The number of nitrogens with one attached hydrogen (secondary N) is 2. The van der Waals surface area contributed by atoms with Crippen LogP contribution in [-0.2, 0) is 4.79 Å². The van der Waals surface area contributed by atoms with Crippen molar-refractivity contribution in [1.29, 1.82) is 0 Å². The van der Waals surface area contributed by atoms with Crippen molar-refractivity contribution in [2.24, 2.45) is 0 Å². The lowest BCUT2D eigenvalue weighted by Gasteiger charge is -2.28. The normalized spacial score (nSPS) is 20.3. The summed E-state index contributed by atoms with van der Waals surface area (Å²) in [6, 6.07) is 14.3. The van der Waals surface area contributed by atoms with Crippen LogP contribution in [0.2, 0.25) is 0 Å². The highest BCUT2D eigenvalue weighted by Gasteiger charge is 2.41. The Kier molecular flexibility index (Phi) is 7.23. The highest BCUT2D eigenvalue weighted by Crippen LogP contribution is 2.44. The van der Waals surface area contributed by atoms with Gasteiger partial charge in [0.05, 0.1) is 30.6 Å². The molecule has 5 rings (SSSR count). The number of amides is 1. The second kappa shape index (κ2) is 10.7. The molecule has 1 aliphatic heterocycles. The number of methoxy groups -OCH3 is 1. The molecule has 2 aromatic heterocycles. The molecule has 188 valence electrons. The number of pyridine rings is 1. The predicted molar refractivity (Wildman–Crippen MR) is 146 cm³/mol. The number of carbonyl (C=O) groups excluding carboxylic acids is 1. The Hall–Kier alpha value is -3.39. The summed E-state index contributed by atoms with van der Waals surface area (Å²) < 4.78 is 8.02. The van der Waals surface area contributed by atoms with Gasteiger partial charge in [-0.25, -0.2) is 0 Å². The molecule has 1 saturated heterocycles. The largest absolute Gasteiger partial charge is 0.494 e. The van der Waals surface area contributed by atoms with Crippen molar-refractivity contribution in [3.8, 4) is 5.75 Å². The van der Waals surface area contributed by atoms with Gasteiger partial charge in [-0.05, 0) is 61.0 Å². The quantitative estimate of drug-likeness (QED) is 0.390. The van der Waals surface area contributed by atoms with Crippen molar-refractivity contribution < 1.29 is 9.53 Å². The molecule has 36 heavy (non-hydrogen) atoms. The first-order valence-corrected chi connectivity index (χ1v) is 13.2. The molecule has 1 saturated carbocycles. The molecule has 2 atom stereocenters. The van der Waals surface area contributed by atoms with Gasteiger partial charge in [0.15, 0.2) is 5.11 Å². The van der Waals surface area contributed by atoms with Gasteiger partial charge in [0, 0.05) is 42.8 Å². The van der Waals surface area contributed by atoms with Gasteiger partial charge in [-0.3, -0.25) is 9.78 Å². The third-order valence-electron chi connectivity index (χ3n) is 7.23. The van der Waals surface area contributed by atoms with Crippen LogP contribution < -0.4 is 20.3 Å². The molecule has 3 heterocycles. The second-order valence-electron chi connectivity index (χ2n) is 9.47. The van der Waals surface area contributed by atoms with Crippen molar-refractivity contribution in [2.45, 2.75) is 63.6 Å². The lowest BCUT2D eigenvalue weighted by molar-refractivity contribution is -0.115. The van der Waals surface area contributed by atoms with Crippen molar-refractivity contribution in [3.63, 3.8) is 0 Å². The number of nitrogens with zero attached hydrogens (tertiary/aromatic N) is 3. The van der Waals surface area contributed by atoms with Crippen LogP contribution in [0.25, 0.3) is 0 Å². The third kappa shape index (κ3) is 4.82. The number of rotatable bonds is 7. The van der Waals surface area contributed by atoms with Gasteiger partial charge in [0.1, 0.15) is 5.75 Å². The summed E-state index contributed by atoms with van der Waals surface area (Å²) in [6.07, 6.45) is 13.1. The number of ether oxygens (including phenoxy) is 1. The molecule has 2 fully saturated rings. The minimum atomic E-state index is -0.105. The van der Waals surface area contributed by atoms with E-state index in [2.05, 4.69) is 43.5 Å². The Morgan fingerprint density at radius 1 is 1.19 bits per heavy atom. The maximum absolute atomic E-state index is 12.0. The number of aromatic nitrogens is 2. The zero-order valence-electron chi connectivity index (χ0n) is 20.8. The fourth-order valence-corrected chi connectivity index (χ4v) is 5.70. The van der Waals surface area contributed by atoms with Crippen LogP contribution in [0.1, 0.15) is 74.8 Å². The average Bonchev–Trinajstić information content (AvgIpc) is 3.54. The summed E-state index contributed by atoms with van der Waals surface area (Å²) in [5.41, 5.74) is 3.67. The van der Waals surface area contributed by atoms with E-state index in [-0.39, 0.29) is 18.0 Å². The van der Waals surface area contributed by atoms with Gasteiger partial charge in [-0.2, -0.15) is 0 Å². The molecule has 0 unspecified atom stereocenters. The van der Waals surface area contributed by atoms with E-state index in [0.29, 0.717) is 29.0 Å². The van der Waals surface area contributed by atoms with E-state index in [1.165, 1.54) is 37.7 Å². The summed E-state index contributed by atoms with van der Waals surface area (Å²) in [4.78, 5) is 18.8. The minimum absolute atomic E-state index is 0.0587. The van der Waals surface area contributed by atoms with Gasteiger partial charge >= 0.3 is 0 Å². The average molecular weight is 504 g/mol. The number of benzene rings is 1. The minimum Gasteiger partial charge on any atom is -0.494 e. The lowest BCUT2D eigenvalue weighted by atomic mass is 9.95. The third-order valence-corrected chi connectivity index (χ3v) is 7.55. The van der Waals surface area contributed by atoms with Crippen LogP contribution in [0.15, 0.2) is 61.1 Å². The molecule has 7 nitrogen and oxygen atoms in total. The van der Waals surface area contributed by atoms with Gasteiger partial charge < -0.3 is 24.8 Å². The van der Waals surface area contributed by atoms with E-state index < -0.39 is 0 Å². The summed E-state index contributed by atoms with van der Waals surface area (Å²) in [6.45, 7) is 1.83. The van der Waals surface area contributed by atoms with E-state index in [1.807, 2.05) is 49.5 Å². The van der Waals surface area contributed by atoms with Crippen molar-refractivity contribution >= 4 is 34.6 Å². The first-order chi connectivity index (χ1) is 17.6. The van der Waals surface area contributed by atoms with Crippen LogP contribution in [0.5, 0.6) is 5.75 Å². The smallest absolute Gasteiger partial charge is 0.224 e. The van der Waals surface area contributed by atoms with Gasteiger partial charge in [-0.15, -0.1) is 0 Å². The fourth-order valence-electron chi connectivity index (χ4n) is 5.36. The molecular weight excluding hydrogens is 470 g/mol. The van der Waals surface area contributed by atoms with Crippen LogP contribution in [-0.4, -0.2) is 27.7 Å². The van der Waals surface area contributed by atoms with E-state index in [4.69, 9.17) is 17.0 Å². The Morgan fingerprint density at radius 3 is 2.75 bits per heavy atom. The molecule has 0 bridgehead atoms. The molecule has 2 N–H and O–H groups in total. The first kappa shape index (κ1) is 24.3. The topological polar surface area (TPSA) is 71.4 Å². The van der Waals surface area contributed by atoms with Gasteiger partial charge in [0.25, 0.3) is 0 Å². The molecule has 1 aliphatic carbocycles. The lowest BCUT2D eigenvalue weighted by Crippen LogP contribution is -2.29. The van der Waals surface area contributed by atoms with Gasteiger partial charge in [0.2, 0.25) is 5.91 Å². The Bertz CT molecular complexity index is 1220. The van der Waals surface area contributed by atoms with Crippen molar-refractivity contribution in [1.82, 2.24) is 14.9 Å². The molecule has 0 spiro atoms. The highest BCUT2D eigenvalue weighted by atomic mass is 32.1. The fraction of sp³-hybridized carbons (Fsp3) is 0.393. The number of anilines is 2. The summed E-state index contributed by atoms with van der Waals surface area (Å²) >= 11 is 5.88. The molecule has 1 amide bonds. The summed E-state index contributed by atoms with van der Waals surface area (Å²) in [5.74, 6) is 0.536. The molecule has 0 radical (unpaired) electrons. The Labute approximate surface area is 217 Å². The van der Waals surface area contributed by atoms with E-state index in [1.54, 1.807) is 7.11 Å². The SMILES string of the molecule is CCC(=O)Nc1ccc(N2C(=S)N[C@H](c3ccccn3)[C@H]2c2ccn(C3CCCCC3)c2)cc1OC. The van der Waals surface area contributed by atoms with Crippen LogP contribution in [0, 0.1) is 0 Å². The number of hydrogen-bond donors (Lipinski definition) is 2. The van der Waals surface area contributed by atoms with E-state index in [9.17, 15) is 4.79 Å². The van der Waals surface area contributed by atoms with Gasteiger partial charge in [-0.1, -0.05) is 32.3 Å². The number of hydrogen-bond acceptors (Lipinski definition) is 4. The Morgan fingerprint density at radius 2 is 2.03 bits per heavy atom. The highest BCUT2D eigenvalue weighted by molar-refractivity contribution is 7.80. The predicted octanol–water partition coefficient (Wildman–Crippen LogP) is 5.92. The maximum Gasteiger partial charge on any atom is 0.224 e. The molecule has 2 aliphatic rings. The summed E-state index contributed by atoms with van der Waals surface area (Å²) in [5, 5.41) is 7.07. The molecule has 3 aromatic rings. The molecule has 1 aromatic carbocycles. The first-order valence-electron chi connectivity index (χ1n) is 12.7. The number of carbonyl (C=O) groups is 1. The maximum atomic E-state index is 12.0. The zero-order valence-corrected chi connectivity index (χ0v) is 21.6. The van der Waals surface area contributed by atoms with Crippen LogP contribution in [0.3, 0.4) is 0 Å². The number of thiocarbonyl (C=S) groups is 1. The van der Waals surface area contributed by atoms with E-state index in [0.717, 1.165) is 11.4 Å².